The van der Waals surface area contributed by atoms with Gasteiger partial charge in [-0.25, -0.2) is 8.42 Å². The maximum atomic E-state index is 12.7. The summed E-state index contributed by atoms with van der Waals surface area (Å²) >= 11 is 1.02. The fraction of sp³-hybridized carbons (Fsp3) is 0.500. The third kappa shape index (κ3) is 4.84. The lowest BCUT2D eigenvalue weighted by Gasteiger charge is -2.27. The van der Waals surface area contributed by atoms with Crippen molar-refractivity contribution in [3.05, 3.63) is 29.8 Å². The first-order valence-electron chi connectivity index (χ1n) is 8.94. The number of carbonyl (C=O) groups is 1. The number of nitrogens with zero attached hydrogens (tertiary/aromatic N) is 2. The molecule has 1 heterocycles. The van der Waals surface area contributed by atoms with E-state index < -0.39 is 15.1 Å². The van der Waals surface area contributed by atoms with E-state index in [0.29, 0.717) is 31.4 Å². The maximum absolute atomic E-state index is 12.7. The minimum atomic E-state index is -3.53. The normalized spacial score (nSPS) is 20.4. The van der Waals surface area contributed by atoms with E-state index in [1.807, 2.05) is 13.8 Å². The monoisotopic (exact) mass is 409 g/mol. The highest BCUT2D eigenvalue weighted by molar-refractivity contribution is 7.93. The summed E-state index contributed by atoms with van der Waals surface area (Å²) in [6.45, 7) is 3.90. The third-order valence-corrected chi connectivity index (χ3v) is 7.86. The number of hydrogen-bond acceptors (Lipinski definition) is 7. The standard InChI is InChI=1S/C18H23N3O4S2/c1-12(2)25-15-8-6-14(7-9-15)20-17(22)13-4-3-5-16(10-13)27(23,24)18-21-19-11-26-18/h6-9,11-13,16H,3-5,10H2,1-2H3,(H,20,22). The summed E-state index contributed by atoms with van der Waals surface area (Å²) in [4.78, 5) is 12.6. The molecule has 2 aromatic rings. The first-order chi connectivity index (χ1) is 12.9. The van der Waals surface area contributed by atoms with Crippen LogP contribution in [0.2, 0.25) is 0 Å². The van der Waals surface area contributed by atoms with Crippen LogP contribution in [0.1, 0.15) is 39.5 Å². The number of aromatic nitrogens is 2. The van der Waals surface area contributed by atoms with Crippen molar-refractivity contribution >= 4 is 32.8 Å². The van der Waals surface area contributed by atoms with Crippen LogP contribution in [0.4, 0.5) is 5.69 Å². The Kier molecular flexibility index (Phi) is 6.11. The fourth-order valence-corrected chi connectivity index (χ4v) is 5.99. The number of anilines is 1. The van der Waals surface area contributed by atoms with Crippen LogP contribution in [-0.2, 0) is 14.6 Å². The zero-order valence-electron chi connectivity index (χ0n) is 15.3. The molecule has 9 heteroatoms. The van der Waals surface area contributed by atoms with Crippen LogP contribution in [0.15, 0.2) is 34.1 Å². The highest BCUT2D eigenvalue weighted by Crippen LogP contribution is 2.33. The van der Waals surface area contributed by atoms with Gasteiger partial charge < -0.3 is 10.1 Å². The molecule has 27 heavy (non-hydrogen) atoms. The minimum absolute atomic E-state index is 0.0364. The van der Waals surface area contributed by atoms with Crippen LogP contribution in [0.25, 0.3) is 0 Å². The van der Waals surface area contributed by atoms with Gasteiger partial charge in [0.1, 0.15) is 11.3 Å². The lowest BCUT2D eigenvalue weighted by Crippen LogP contribution is -2.34. The number of ether oxygens (including phenoxy) is 1. The molecule has 2 atom stereocenters. The average molecular weight is 410 g/mol. The first kappa shape index (κ1) is 19.8. The molecule has 1 amide bonds. The van der Waals surface area contributed by atoms with Crippen molar-refractivity contribution in [2.45, 2.75) is 55.2 Å². The van der Waals surface area contributed by atoms with Crippen molar-refractivity contribution in [3.63, 3.8) is 0 Å². The molecule has 1 saturated carbocycles. The summed E-state index contributed by atoms with van der Waals surface area (Å²) in [6.07, 6.45) is 2.32. The predicted molar refractivity (Wildman–Crippen MR) is 104 cm³/mol. The number of amides is 1. The van der Waals surface area contributed by atoms with E-state index in [1.165, 1.54) is 5.51 Å². The van der Waals surface area contributed by atoms with Crippen molar-refractivity contribution in [2.24, 2.45) is 5.92 Å². The van der Waals surface area contributed by atoms with Crippen LogP contribution in [-0.4, -0.2) is 35.9 Å². The van der Waals surface area contributed by atoms with Crippen molar-refractivity contribution in [2.75, 3.05) is 5.32 Å². The molecule has 1 N–H and O–H groups in total. The molecule has 1 fully saturated rings. The number of nitrogens with one attached hydrogen (secondary N) is 1. The zero-order valence-corrected chi connectivity index (χ0v) is 16.9. The summed E-state index contributed by atoms with van der Waals surface area (Å²) in [7, 11) is -3.53. The molecule has 3 rings (SSSR count). The number of benzene rings is 1. The third-order valence-electron chi connectivity index (χ3n) is 4.51. The number of carbonyl (C=O) groups excluding carboxylic acids is 1. The highest BCUT2D eigenvalue weighted by atomic mass is 32.2. The molecule has 1 aromatic carbocycles. The first-order valence-corrected chi connectivity index (χ1v) is 11.4. The summed E-state index contributed by atoms with van der Waals surface area (Å²) in [5.41, 5.74) is 2.08. The van der Waals surface area contributed by atoms with Gasteiger partial charge in [-0.15, -0.1) is 10.2 Å². The molecule has 0 saturated heterocycles. The van der Waals surface area contributed by atoms with E-state index in [4.69, 9.17) is 4.74 Å². The summed E-state index contributed by atoms with van der Waals surface area (Å²) < 4.78 is 30.9. The summed E-state index contributed by atoms with van der Waals surface area (Å²) in [5.74, 6) is 0.256. The lowest BCUT2D eigenvalue weighted by atomic mass is 9.88. The maximum Gasteiger partial charge on any atom is 0.232 e. The summed E-state index contributed by atoms with van der Waals surface area (Å²) in [6, 6.07) is 7.18. The largest absolute Gasteiger partial charge is 0.491 e. The van der Waals surface area contributed by atoms with Crippen LogP contribution in [0.5, 0.6) is 5.75 Å². The topological polar surface area (TPSA) is 98.2 Å². The molecule has 0 radical (unpaired) electrons. The number of rotatable bonds is 6. The molecule has 1 aromatic heterocycles. The molecular formula is C18H23N3O4S2. The second-order valence-corrected chi connectivity index (χ2v) is 10.2. The molecule has 1 aliphatic rings. The smallest absolute Gasteiger partial charge is 0.232 e. The molecule has 1 aliphatic carbocycles. The van der Waals surface area contributed by atoms with Gasteiger partial charge in [0.2, 0.25) is 20.1 Å². The van der Waals surface area contributed by atoms with Crippen LogP contribution in [0, 0.1) is 5.92 Å². The Hall–Kier alpha value is -2.00. The van der Waals surface area contributed by atoms with E-state index >= 15 is 0 Å². The molecule has 0 bridgehead atoms. The van der Waals surface area contributed by atoms with Gasteiger partial charge >= 0.3 is 0 Å². The van der Waals surface area contributed by atoms with Crippen LogP contribution < -0.4 is 10.1 Å². The van der Waals surface area contributed by atoms with Gasteiger partial charge in [0.25, 0.3) is 0 Å². The van der Waals surface area contributed by atoms with Crippen molar-refractivity contribution in [3.8, 4) is 5.75 Å². The van der Waals surface area contributed by atoms with Gasteiger partial charge in [-0.1, -0.05) is 17.8 Å². The zero-order chi connectivity index (χ0) is 19.4. The van der Waals surface area contributed by atoms with E-state index in [0.717, 1.165) is 17.1 Å². The van der Waals surface area contributed by atoms with Crippen molar-refractivity contribution in [1.29, 1.82) is 0 Å². The van der Waals surface area contributed by atoms with Crippen molar-refractivity contribution < 1.29 is 17.9 Å². The van der Waals surface area contributed by atoms with E-state index in [2.05, 4.69) is 15.5 Å². The lowest BCUT2D eigenvalue weighted by molar-refractivity contribution is -0.120. The van der Waals surface area contributed by atoms with E-state index in [1.54, 1.807) is 24.3 Å². The Morgan fingerprint density at radius 2 is 2.00 bits per heavy atom. The summed E-state index contributed by atoms with van der Waals surface area (Å²) in [5, 5.41) is 9.61. The predicted octanol–water partition coefficient (Wildman–Crippen LogP) is 3.30. The second kappa shape index (κ2) is 8.35. The van der Waals surface area contributed by atoms with Gasteiger partial charge in [-0.2, -0.15) is 0 Å². The second-order valence-electron chi connectivity index (χ2n) is 6.92. The quantitative estimate of drug-likeness (QED) is 0.786. The van der Waals surface area contributed by atoms with Gasteiger partial charge in [0, 0.05) is 11.6 Å². The van der Waals surface area contributed by atoms with Crippen molar-refractivity contribution in [1.82, 2.24) is 10.2 Å². The van der Waals surface area contributed by atoms with Gasteiger partial charge in [-0.3, -0.25) is 4.79 Å². The SMILES string of the molecule is CC(C)Oc1ccc(NC(=O)C2CCCC(S(=O)(=O)c3nncs3)C2)cc1. The Bertz CT molecular complexity index is 865. The van der Waals surface area contributed by atoms with E-state index in [9.17, 15) is 13.2 Å². The number of sulfone groups is 1. The van der Waals surface area contributed by atoms with Crippen LogP contribution in [0.3, 0.4) is 0 Å². The molecule has 2 unspecified atom stereocenters. The Labute approximate surface area is 163 Å². The van der Waals surface area contributed by atoms with Crippen LogP contribution >= 0.6 is 11.3 Å². The Morgan fingerprint density at radius 3 is 2.63 bits per heavy atom. The average Bonchev–Trinajstić information content (AvgIpc) is 3.18. The molecule has 7 nitrogen and oxygen atoms in total. The van der Waals surface area contributed by atoms with E-state index in [-0.39, 0.29) is 22.3 Å². The van der Waals surface area contributed by atoms with Gasteiger partial charge in [-0.05, 0) is 57.4 Å². The Balaban J connectivity index is 1.63. The Morgan fingerprint density at radius 1 is 1.26 bits per heavy atom. The van der Waals surface area contributed by atoms with Gasteiger partial charge in [0.15, 0.2) is 0 Å². The minimum Gasteiger partial charge on any atom is -0.491 e. The molecular weight excluding hydrogens is 386 g/mol. The highest BCUT2D eigenvalue weighted by Gasteiger charge is 2.37. The van der Waals surface area contributed by atoms with Gasteiger partial charge in [0.05, 0.1) is 11.4 Å². The molecule has 0 aliphatic heterocycles. The fourth-order valence-electron chi connectivity index (χ4n) is 3.23. The molecule has 0 spiro atoms. The molecule has 146 valence electrons. The number of hydrogen-bond donors (Lipinski definition) is 1.